The van der Waals surface area contributed by atoms with Crippen molar-refractivity contribution in [2.45, 2.75) is 194 Å². The largest absolute Gasteiger partial charge is 0.325 e. The fraction of sp³-hybridized carbons (Fsp3) is 0.833. The molecule has 0 rings (SSSR count). The minimum absolute atomic E-state index is 0. The molecule has 0 bridgehead atoms. The molecule has 0 aliphatic heterocycles. The second kappa shape index (κ2) is 50.6. The normalized spacial score (nSPS) is 11.1. The van der Waals surface area contributed by atoms with Gasteiger partial charge in [-0.2, -0.15) is 0 Å². The molecule has 0 fully saturated rings. The van der Waals surface area contributed by atoms with Crippen molar-refractivity contribution in [1.29, 1.82) is 0 Å². The van der Waals surface area contributed by atoms with Gasteiger partial charge < -0.3 is 38.9 Å². The third-order valence-electron chi connectivity index (χ3n) is 7.17. The number of allylic oxidation sites excluding steroid dienone is 4. The second-order valence-electron chi connectivity index (χ2n) is 12.1. The zero-order valence-corrected chi connectivity index (χ0v) is 37.6. The van der Waals surface area contributed by atoms with Crippen LogP contribution in [0.25, 0.3) is 0 Å². The molecule has 0 saturated heterocycles. The Morgan fingerprint density at radius 1 is 0.367 bits per heavy atom. The van der Waals surface area contributed by atoms with Crippen molar-refractivity contribution in [1.82, 2.24) is 0 Å². The molecule has 0 heterocycles. The van der Waals surface area contributed by atoms with E-state index in [1.165, 1.54) is 154 Å². The molecule has 0 atom stereocenters. The average Bonchev–Trinajstić information content (AvgIpc) is 3.00. The van der Waals surface area contributed by atoms with Crippen LogP contribution in [0.4, 0.5) is 0 Å². The summed E-state index contributed by atoms with van der Waals surface area (Å²) in [4.78, 5) is 65.6. The summed E-state index contributed by atoms with van der Waals surface area (Å²) in [5, 5.41) is 0. The number of aldehydes is 2. The van der Waals surface area contributed by atoms with Gasteiger partial charge in [0.15, 0.2) is 0 Å². The molecular weight excluding hydrogens is 752 g/mol. The first-order valence-electron chi connectivity index (χ1n) is 18.6. The van der Waals surface area contributed by atoms with E-state index in [0.29, 0.717) is 0 Å². The Hall–Kier alpha value is 0.503. The monoisotopic (exact) mass is 824 g/mol. The van der Waals surface area contributed by atoms with Gasteiger partial charge in [0.1, 0.15) is 12.6 Å². The van der Waals surface area contributed by atoms with Gasteiger partial charge in [-0.3, -0.25) is 0 Å². The van der Waals surface area contributed by atoms with Crippen molar-refractivity contribution < 1.29 is 58.4 Å². The third kappa shape index (κ3) is 99.3. The van der Waals surface area contributed by atoms with Crippen LogP contribution in [-0.2, 0) is 52.7 Å². The summed E-state index contributed by atoms with van der Waals surface area (Å²) in [7, 11) is 0. The quantitative estimate of drug-likeness (QED) is 0.0135. The zero-order chi connectivity index (χ0) is 37.0. The van der Waals surface area contributed by atoms with E-state index in [2.05, 4.69) is 61.8 Å². The molecule has 0 aromatic rings. The van der Waals surface area contributed by atoms with Crippen LogP contribution in [0.3, 0.4) is 0 Å². The van der Waals surface area contributed by atoms with E-state index in [-0.39, 0.29) is 19.5 Å². The molecule has 13 heteroatoms. The standard InChI is InChI=1S/2C18H34O.2H3O3PS.Zn/c2*1-2-3-4-5-6-7-8-9-10-11-12-13-14-15-16-17-18-19;2*1-4(2,3)5;/h2*9-10,18H,2-8,11-17H2,1H3;2*(H3,1,2,3,5);. The van der Waals surface area contributed by atoms with E-state index < -0.39 is 13.4 Å². The van der Waals surface area contributed by atoms with Crippen molar-refractivity contribution in [2.75, 3.05) is 0 Å². The number of hydrogen-bond acceptors (Lipinski definition) is 4. The Morgan fingerprint density at radius 2 is 0.531 bits per heavy atom. The molecule has 0 aromatic heterocycles. The van der Waals surface area contributed by atoms with Crippen LogP contribution in [0, 0.1) is 0 Å². The average molecular weight is 826 g/mol. The molecule has 290 valence electrons. The Labute approximate surface area is 324 Å². The number of carbonyl (C=O) groups excluding carboxylic acids is 2. The smallest absolute Gasteiger partial charge is 0.319 e. The van der Waals surface area contributed by atoms with Crippen LogP contribution < -0.4 is 0 Å². The first-order chi connectivity index (χ1) is 22.8. The molecule has 0 saturated carbocycles. The van der Waals surface area contributed by atoms with Crippen molar-refractivity contribution in [2.24, 2.45) is 0 Å². The number of rotatable bonds is 30. The SMILES string of the molecule is CCCCCCCCC=CCCCCCCCC=O.CCCCCCCCC=CCCCCCCCC=O.OP(O)(O)=S.OP(O)(O)=S.[Zn]. The first kappa shape index (κ1) is 58.8. The molecule has 0 aromatic carbocycles. The molecule has 0 amide bonds. The number of unbranched alkanes of at least 4 members (excludes halogenated alkanes) is 24. The molecule has 0 aliphatic rings. The van der Waals surface area contributed by atoms with Crippen LogP contribution in [0.1, 0.15) is 194 Å². The Bertz CT molecular complexity index is 712. The van der Waals surface area contributed by atoms with Crippen LogP contribution >= 0.6 is 13.4 Å². The van der Waals surface area contributed by atoms with Gasteiger partial charge >= 0.3 is 13.4 Å². The molecule has 6 N–H and O–H groups in total. The van der Waals surface area contributed by atoms with E-state index in [4.69, 9.17) is 29.4 Å². The summed E-state index contributed by atoms with van der Waals surface area (Å²) in [6.45, 7) is -3.07. The fourth-order valence-corrected chi connectivity index (χ4v) is 4.60. The van der Waals surface area contributed by atoms with Gasteiger partial charge in [-0.15, -0.1) is 0 Å². The van der Waals surface area contributed by atoms with Gasteiger partial charge in [0.2, 0.25) is 0 Å². The van der Waals surface area contributed by atoms with Crippen LogP contribution in [0.5, 0.6) is 0 Å². The van der Waals surface area contributed by atoms with Crippen molar-refractivity contribution in [3.05, 3.63) is 24.3 Å². The minimum atomic E-state index is -3.81. The summed E-state index contributed by atoms with van der Waals surface area (Å²) < 4.78 is 0. The molecule has 0 spiro atoms. The summed E-state index contributed by atoms with van der Waals surface area (Å²) in [5.41, 5.74) is 0. The van der Waals surface area contributed by atoms with E-state index in [0.717, 1.165) is 38.3 Å². The Balaban J connectivity index is -0.000000203. The second-order valence-corrected chi connectivity index (χ2v) is 17.1. The summed E-state index contributed by atoms with van der Waals surface area (Å²) in [5.74, 6) is 0. The van der Waals surface area contributed by atoms with Gasteiger partial charge in [-0.1, -0.05) is 141 Å². The molecular formula is C36H74O8P2S2Zn. The summed E-state index contributed by atoms with van der Waals surface area (Å²) >= 11 is 7.21. The summed E-state index contributed by atoms with van der Waals surface area (Å²) in [6.07, 6.45) is 47.2. The number of carbonyl (C=O) groups is 2. The minimum Gasteiger partial charge on any atom is -0.325 e. The van der Waals surface area contributed by atoms with Crippen molar-refractivity contribution in [3.63, 3.8) is 0 Å². The van der Waals surface area contributed by atoms with E-state index in [9.17, 15) is 9.59 Å². The van der Waals surface area contributed by atoms with Crippen LogP contribution in [0.2, 0.25) is 0 Å². The molecule has 0 aliphatic carbocycles. The van der Waals surface area contributed by atoms with E-state index >= 15 is 0 Å². The predicted molar refractivity (Wildman–Crippen MR) is 213 cm³/mol. The first-order valence-corrected chi connectivity index (χ1v) is 23.9. The maximum Gasteiger partial charge on any atom is 0.319 e. The van der Waals surface area contributed by atoms with Gasteiger partial charge in [-0.05, 0) is 87.8 Å². The van der Waals surface area contributed by atoms with Gasteiger partial charge in [-0.25, -0.2) is 0 Å². The Morgan fingerprint density at radius 3 is 0.714 bits per heavy atom. The van der Waals surface area contributed by atoms with Gasteiger partial charge in [0.25, 0.3) is 0 Å². The maximum atomic E-state index is 10.1. The van der Waals surface area contributed by atoms with E-state index in [1.807, 2.05) is 0 Å². The zero-order valence-electron chi connectivity index (χ0n) is 31.2. The van der Waals surface area contributed by atoms with Gasteiger partial charge in [0, 0.05) is 32.3 Å². The predicted octanol–water partition coefficient (Wildman–Crippen LogP) is 10.8. The Kier molecular flexibility index (Phi) is 60.7. The molecule has 0 unspecified atom stereocenters. The molecule has 49 heavy (non-hydrogen) atoms. The molecule has 0 radical (unpaired) electrons. The fourth-order valence-electron chi connectivity index (χ4n) is 4.60. The van der Waals surface area contributed by atoms with Crippen LogP contribution in [0.15, 0.2) is 24.3 Å². The van der Waals surface area contributed by atoms with Crippen molar-refractivity contribution >= 4 is 49.6 Å². The van der Waals surface area contributed by atoms with E-state index in [1.54, 1.807) is 0 Å². The van der Waals surface area contributed by atoms with Crippen molar-refractivity contribution in [3.8, 4) is 0 Å². The maximum absolute atomic E-state index is 10.1. The topological polar surface area (TPSA) is 156 Å². The number of hydrogen-bond donors (Lipinski definition) is 6. The summed E-state index contributed by atoms with van der Waals surface area (Å²) in [6, 6.07) is 0. The van der Waals surface area contributed by atoms with Crippen LogP contribution in [-0.4, -0.2) is 41.9 Å². The molecule has 8 nitrogen and oxygen atoms in total. The third-order valence-corrected chi connectivity index (χ3v) is 7.17. The van der Waals surface area contributed by atoms with Gasteiger partial charge in [0.05, 0.1) is 0 Å².